The molecule has 1 aromatic carbocycles. The van der Waals surface area contributed by atoms with E-state index in [1.165, 1.54) is 25.4 Å². The first kappa shape index (κ1) is 13.5. The molecule has 0 radical (unpaired) electrons. The molecule has 0 aliphatic rings. The zero-order valence-corrected chi connectivity index (χ0v) is 10.7. The molecular weight excluding hydrogens is 260 g/mol. The Hall–Kier alpha value is -2.89. The molecule has 0 aliphatic heterocycles. The number of hydrogen-bond donors (Lipinski definition) is 2. The van der Waals surface area contributed by atoms with Crippen LogP contribution >= 0.6 is 0 Å². The Morgan fingerprint density at radius 3 is 2.60 bits per heavy atom. The number of hydrogen-bond acceptors (Lipinski definition) is 4. The lowest BCUT2D eigenvalue weighted by Crippen LogP contribution is -2.12. The van der Waals surface area contributed by atoms with Crippen LogP contribution in [0.25, 0.3) is 0 Å². The molecule has 2 aromatic rings. The minimum absolute atomic E-state index is 0.107. The van der Waals surface area contributed by atoms with Crippen molar-refractivity contribution in [1.82, 2.24) is 4.98 Å². The van der Waals surface area contributed by atoms with Crippen molar-refractivity contribution < 1.29 is 19.4 Å². The Labute approximate surface area is 115 Å². The van der Waals surface area contributed by atoms with E-state index < -0.39 is 5.97 Å². The zero-order valence-electron chi connectivity index (χ0n) is 10.7. The molecule has 0 atom stereocenters. The van der Waals surface area contributed by atoms with Crippen LogP contribution in [0.2, 0.25) is 0 Å². The van der Waals surface area contributed by atoms with E-state index in [0.29, 0.717) is 17.1 Å². The molecule has 0 saturated carbocycles. The number of rotatable bonds is 4. The first-order valence-electron chi connectivity index (χ1n) is 5.75. The Kier molecular flexibility index (Phi) is 3.95. The van der Waals surface area contributed by atoms with E-state index in [1.807, 2.05) is 0 Å². The number of nitrogens with zero attached hydrogens (tertiary/aromatic N) is 1. The van der Waals surface area contributed by atoms with Gasteiger partial charge in [0.25, 0.3) is 5.91 Å². The normalized spacial score (nSPS) is 9.85. The third-order valence-corrected chi connectivity index (χ3v) is 2.58. The molecule has 20 heavy (non-hydrogen) atoms. The van der Waals surface area contributed by atoms with Crippen molar-refractivity contribution in [2.75, 3.05) is 12.4 Å². The molecule has 1 aromatic heterocycles. The number of methoxy groups -OCH3 is 1. The van der Waals surface area contributed by atoms with Crippen molar-refractivity contribution in [2.24, 2.45) is 0 Å². The van der Waals surface area contributed by atoms with Crippen molar-refractivity contribution in [3.05, 3.63) is 53.7 Å². The summed E-state index contributed by atoms with van der Waals surface area (Å²) in [5.74, 6) is -1.01. The summed E-state index contributed by atoms with van der Waals surface area (Å²) < 4.78 is 4.90. The SMILES string of the molecule is COc1ccc(C(=O)Nc2cccc(C(=O)O)c2)cn1. The summed E-state index contributed by atoms with van der Waals surface area (Å²) in [5.41, 5.74) is 0.868. The van der Waals surface area contributed by atoms with E-state index in [-0.39, 0.29) is 11.5 Å². The smallest absolute Gasteiger partial charge is 0.335 e. The van der Waals surface area contributed by atoms with Crippen LogP contribution < -0.4 is 10.1 Å². The van der Waals surface area contributed by atoms with Gasteiger partial charge < -0.3 is 15.2 Å². The number of amides is 1. The molecule has 0 aliphatic carbocycles. The lowest BCUT2D eigenvalue weighted by atomic mass is 10.2. The third kappa shape index (κ3) is 3.11. The quantitative estimate of drug-likeness (QED) is 0.889. The van der Waals surface area contributed by atoms with E-state index in [2.05, 4.69) is 10.3 Å². The number of carboxylic acids is 1. The maximum atomic E-state index is 12.0. The number of aromatic nitrogens is 1. The van der Waals surface area contributed by atoms with Crippen LogP contribution in [-0.4, -0.2) is 29.1 Å². The van der Waals surface area contributed by atoms with Gasteiger partial charge in [-0.05, 0) is 24.3 Å². The van der Waals surface area contributed by atoms with E-state index in [0.717, 1.165) is 0 Å². The van der Waals surface area contributed by atoms with Crippen molar-refractivity contribution in [3.63, 3.8) is 0 Å². The number of aromatic carboxylic acids is 1. The van der Waals surface area contributed by atoms with E-state index in [1.54, 1.807) is 24.3 Å². The van der Waals surface area contributed by atoms with Gasteiger partial charge in [-0.15, -0.1) is 0 Å². The van der Waals surface area contributed by atoms with Crippen LogP contribution in [0.4, 0.5) is 5.69 Å². The van der Waals surface area contributed by atoms with Gasteiger partial charge in [-0.3, -0.25) is 4.79 Å². The molecule has 2 N–H and O–H groups in total. The zero-order chi connectivity index (χ0) is 14.5. The molecule has 1 amide bonds. The van der Waals surface area contributed by atoms with Crippen LogP contribution in [0.15, 0.2) is 42.6 Å². The number of anilines is 1. The summed E-state index contributed by atoms with van der Waals surface area (Å²) in [6.07, 6.45) is 1.38. The van der Waals surface area contributed by atoms with Crippen LogP contribution in [0.1, 0.15) is 20.7 Å². The summed E-state index contributed by atoms with van der Waals surface area (Å²) in [4.78, 5) is 26.7. The predicted octanol–water partition coefficient (Wildman–Crippen LogP) is 2.04. The van der Waals surface area contributed by atoms with Crippen molar-refractivity contribution in [2.45, 2.75) is 0 Å². The fourth-order valence-electron chi connectivity index (χ4n) is 1.57. The molecule has 1 heterocycles. The summed E-state index contributed by atoms with van der Waals surface area (Å²) in [5, 5.41) is 11.5. The summed E-state index contributed by atoms with van der Waals surface area (Å²) >= 11 is 0. The third-order valence-electron chi connectivity index (χ3n) is 2.58. The Bertz CT molecular complexity index is 638. The fraction of sp³-hybridized carbons (Fsp3) is 0.0714. The lowest BCUT2D eigenvalue weighted by Gasteiger charge is -2.06. The van der Waals surface area contributed by atoms with E-state index in [4.69, 9.17) is 9.84 Å². The minimum Gasteiger partial charge on any atom is -0.481 e. The van der Waals surface area contributed by atoms with Crippen LogP contribution in [0.5, 0.6) is 5.88 Å². The van der Waals surface area contributed by atoms with Gasteiger partial charge in [-0.2, -0.15) is 0 Å². The molecule has 0 spiro atoms. The number of pyridine rings is 1. The number of carbonyl (C=O) groups is 2. The summed E-state index contributed by atoms with van der Waals surface area (Å²) in [6.45, 7) is 0. The standard InChI is InChI=1S/C14H12N2O4/c1-20-12-6-5-10(8-15-12)13(17)16-11-4-2-3-9(7-11)14(18)19/h2-8H,1H3,(H,16,17)(H,18,19). The Balaban J connectivity index is 2.14. The number of ether oxygens (including phenoxy) is 1. The van der Waals surface area contributed by atoms with Gasteiger partial charge in [-0.25, -0.2) is 9.78 Å². The first-order chi connectivity index (χ1) is 9.60. The van der Waals surface area contributed by atoms with Gasteiger partial charge in [0, 0.05) is 18.0 Å². The molecule has 0 fully saturated rings. The average Bonchev–Trinajstić information content (AvgIpc) is 2.47. The van der Waals surface area contributed by atoms with Gasteiger partial charge in [-0.1, -0.05) is 6.07 Å². The van der Waals surface area contributed by atoms with Gasteiger partial charge in [0.1, 0.15) is 0 Å². The highest BCUT2D eigenvalue weighted by Crippen LogP contribution is 2.13. The van der Waals surface area contributed by atoms with Crippen molar-refractivity contribution in [3.8, 4) is 5.88 Å². The highest BCUT2D eigenvalue weighted by atomic mass is 16.5. The summed E-state index contributed by atoms with van der Waals surface area (Å²) in [6, 6.07) is 9.15. The Morgan fingerprint density at radius 1 is 1.20 bits per heavy atom. The van der Waals surface area contributed by atoms with Crippen molar-refractivity contribution in [1.29, 1.82) is 0 Å². The molecule has 102 valence electrons. The van der Waals surface area contributed by atoms with Crippen LogP contribution in [-0.2, 0) is 0 Å². The second-order valence-electron chi connectivity index (χ2n) is 3.93. The lowest BCUT2D eigenvalue weighted by molar-refractivity contribution is 0.0696. The van der Waals surface area contributed by atoms with Crippen molar-refractivity contribution >= 4 is 17.6 Å². The Morgan fingerprint density at radius 2 is 2.00 bits per heavy atom. The topological polar surface area (TPSA) is 88.5 Å². The van der Waals surface area contributed by atoms with Gasteiger partial charge >= 0.3 is 5.97 Å². The van der Waals surface area contributed by atoms with Crippen LogP contribution in [0.3, 0.4) is 0 Å². The average molecular weight is 272 g/mol. The molecule has 2 rings (SSSR count). The maximum absolute atomic E-state index is 12.0. The molecule has 6 nitrogen and oxygen atoms in total. The second-order valence-corrected chi connectivity index (χ2v) is 3.93. The predicted molar refractivity (Wildman–Crippen MR) is 72.1 cm³/mol. The number of carbonyl (C=O) groups excluding carboxylic acids is 1. The van der Waals surface area contributed by atoms with E-state index in [9.17, 15) is 9.59 Å². The largest absolute Gasteiger partial charge is 0.481 e. The van der Waals surface area contributed by atoms with Crippen LogP contribution in [0, 0.1) is 0 Å². The molecular formula is C14H12N2O4. The number of benzene rings is 1. The molecule has 0 bridgehead atoms. The van der Waals surface area contributed by atoms with Gasteiger partial charge in [0.2, 0.25) is 5.88 Å². The summed E-state index contributed by atoms with van der Waals surface area (Å²) in [7, 11) is 1.49. The first-order valence-corrected chi connectivity index (χ1v) is 5.75. The second kappa shape index (κ2) is 5.83. The fourth-order valence-corrected chi connectivity index (χ4v) is 1.57. The maximum Gasteiger partial charge on any atom is 0.335 e. The monoisotopic (exact) mass is 272 g/mol. The highest BCUT2D eigenvalue weighted by molar-refractivity contribution is 6.04. The number of carboxylic acid groups (broad SMARTS) is 1. The molecule has 0 unspecified atom stereocenters. The van der Waals surface area contributed by atoms with Gasteiger partial charge in [0.15, 0.2) is 0 Å². The van der Waals surface area contributed by atoms with Gasteiger partial charge in [0.05, 0.1) is 18.2 Å². The highest BCUT2D eigenvalue weighted by Gasteiger charge is 2.09. The molecule has 6 heteroatoms. The molecule has 0 saturated heterocycles. The number of nitrogens with one attached hydrogen (secondary N) is 1. The minimum atomic E-state index is -1.05. The van der Waals surface area contributed by atoms with E-state index >= 15 is 0 Å².